The van der Waals surface area contributed by atoms with E-state index in [1.807, 2.05) is 36.4 Å². The van der Waals surface area contributed by atoms with Crippen LogP contribution >= 0.6 is 0 Å². The summed E-state index contributed by atoms with van der Waals surface area (Å²) in [6, 6.07) is 11.4. The molecule has 0 amide bonds. The van der Waals surface area contributed by atoms with Crippen molar-refractivity contribution >= 4 is 22.9 Å². The summed E-state index contributed by atoms with van der Waals surface area (Å²) in [5, 5.41) is 11.0. The molecule has 0 aliphatic carbocycles. The Morgan fingerprint density at radius 1 is 1.03 bits per heavy atom. The van der Waals surface area contributed by atoms with Crippen LogP contribution in [0.25, 0.3) is 10.8 Å². The lowest BCUT2D eigenvalue weighted by Crippen LogP contribution is -2.22. The van der Waals surface area contributed by atoms with Gasteiger partial charge in [0.25, 0.3) is 5.09 Å². The molecule has 0 aliphatic rings. The lowest BCUT2D eigenvalue weighted by Gasteiger charge is -2.13. The van der Waals surface area contributed by atoms with Gasteiger partial charge >= 0.3 is 12.1 Å². The number of carbonyl (C=O) groups is 2. The SMILES string of the molecule is COc1ccc2cc(C(C)C(=O)OCCCOC(=O)O[C@H](C)O[N+](=O)[O-])ccc2c1. The second kappa shape index (κ2) is 10.8. The molecule has 0 N–H and O–H groups in total. The van der Waals surface area contributed by atoms with Gasteiger partial charge in [-0.25, -0.2) is 4.79 Å². The molecule has 30 heavy (non-hydrogen) atoms. The fourth-order valence-electron chi connectivity index (χ4n) is 2.60. The minimum absolute atomic E-state index is 0.0438. The third-order valence-electron chi connectivity index (χ3n) is 4.17. The van der Waals surface area contributed by atoms with E-state index in [4.69, 9.17) is 14.2 Å². The van der Waals surface area contributed by atoms with Crippen LogP contribution in [0.5, 0.6) is 5.75 Å². The first kappa shape index (κ1) is 22.7. The summed E-state index contributed by atoms with van der Waals surface area (Å²) in [4.78, 5) is 37.7. The van der Waals surface area contributed by atoms with Crippen molar-refractivity contribution in [2.45, 2.75) is 32.5 Å². The van der Waals surface area contributed by atoms with Gasteiger partial charge in [0.15, 0.2) is 0 Å². The molecule has 0 aromatic heterocycles. The number of methoxy groups -OCH3 is 1. The highest BCUT2D eigenvalue weighted by Gasteiger charge is 2.18. The quantitative estimate of drug-likeness (QED) is 0.186. The highest BCUT2D eigenvalue weighted by atomic mass is 17.0. The molecule has 2 aromatic rings. The Balaban J connectivity index is 1.75. The molecule has 0 aliphatic heterocycles. The zero-order valence-electron chi connectivity index (χ0n) is 16.9. The summed E-state index contributed by atoms with van der Waals surface area (Å²) in [6.45, 7) is 2.89. The van der Waals surface area contributed by atoms with Crippen molar-refractivity contribution in [1.29, 1.82) is 0 Å². The third kappa shape index (κ3) is 6.80. The van der Waals surface area contributed by atoms with Gasteiger partial charge < -0.3 is 18.9 Å². The van der Waals surface area contributed by atoms with Gasteiger partial charge in [0.1, 0.15) is 5.75 Å². The van der Waals surface area contributed by atoms with Crippen molar-refractivity contribution in [3.05, 3.63) is 52.1 Å². The van der Waals surface area contributed by atoms with E-state index in [2.05, 4.69) is 9.57 Å². The molecule has 0 radical (unpaired) electrons. The van der Waals surface area contributed by atoms with Gasteiger partial charge in [-0.1, -0.05) is 24.3 Å². The number of hydrogen-bond donors (Lipinski definition) is 0. The zero-order chi connectivity index (χ0) is 22.1. The maximum absolute atomic E-state index is 12.3. The fraction of sp³-hybridized carbons (Fsp3) is 0.400. The smallest absolute Gasteiger partial charge is 0.497 e. The number of esters is 1. The highest BCUT2D eigenvalue weighted by Crippen LogP contribution is 2.25. The molecule has 162 valence electrons. The zero-order valence-corrected chi connectivity index (χ0v) is 16.9. The van der Waals surface area contributed by atoms with E-state index in [0.717, 1.165) is 22.1 Å². The summed E-state index contributed by atoms with van der Waals surface area (Å²) in [6.07, 6.45) is -2.25. The highest BCUT2D eigenvalue weighted by molar-refractivity contribution is 5.86. The Kier molecular flexibility index (Phi) is 8.21. The number of ether oxygens (including phenoxy) is 4. The molecule has 1 unspecified atom stereocenters. The van der Waals surface area contributed by atoms with Crippen LogP contribution in [0.15, 0.2) is 36.4 Å². The van der Waals surface area contributed by atoms with E-state index >= 15 is 0 Å². The van der Waals surface area contributed by atoms with Crippen LogP contribution in [0.3, 0.4) is 0 Å². The van der Waals surface area contributed by atoms with Crippen molar-refractivity contribution in [2.24, 2.45) is 0 Å². The van der Waals surface area contributed by atoms with Gasteiger partial charge in [0.05, 0.1) is 26.2 Å². The average molecular weight is 421 g/mol. The Bertz CT molecular complexity index is 899. The van der Waals surface area contributed by atoms with Crippen molar-refractivity contribution in [3.63, 3.8) is 0 Å². The Labute approximate surface area is 172 Å². The predicted octanol–water partition coefficient (Wildman–Crippen LogP) is 3.59. The number of nitrogens with zero attached hydrogens (tertiary/aromatic N) is 1. The van der Waals surface area contributed by atoms with Crippen LogP contribution in [0.1, 0.15) is 31.7 Å². The molecule has 0 fully saturated rings. The summed E-state index contributed by atoms with van der Waals surface area (Å²) in [5.74, 6) is -0.116. The van der Waals surface area contributed by atoms with Crippen LogP contribution in [-0.2, 0) is 23.8 Å². The summed E-state index contributed by atoms with van der Waals surface area (Å²) >= 11 is 0. The number of hydrogen-bond acceptors (Lipinski definition) is 9. The molecule has 2 rings (SSSR count). The van der Waals surface area contributed by atoms with Crippen molar-refractivity contribution in [1.82, 2.24) is 0 Å². The molecule has 0 bridgehead atoms. The van der Waals surface area contributed by atoms with E-state index in [0.29, 0.717) is 0 Å². The van der Waals surface area contributed by atoms with Crippen LogP contribution in [0.4, 0.5) is 4.79 Å². The lowest BCUT2D eigenvalue weighted by atomic mass is 9.98. The first-order valence-corrected chi connectivity index (χ1v) is 9.19. The number of rotatable bonds is 10. The molecule has 2 aromatic carbocycles. The van der Waals surface area contributed by atoms with E-state index in [9.17, 15) is 19.7 Å². The molecular formula is C20H23NO9. The van der Waals surface area contributed by atoms with Crippen molar-refractivity contribution in [2.75, 3.05) is 20.3 Å². The number of carbonyl (C=O) groups excluding carboxylic acids is 2. The van der Waals surface area contributed by atoms with Gasteiger partial charge in [0, 0.05) is 6.42 Å². The summed E-state index contributed by atoms with van der Waals surface area (Å²) in [5.41, 5.74) is 0.817. The maximum atomic E-state index is 12.3. The second-order valence-electron chi connectivity index (χ2n) is 6.33. The Hall–Kier alpha value is -3.56. The third-order valence-corrected chi connectivity index (χ3v) is 4.17. The normalized spacial score (nSPS) is 12.5. The van der Waals surface area contributed by atoms with Crippen LogP contribution in [0.2, 0.25) is 0 Å². The summed E-state index contributed by atoms with van der Waals surface area (Å²) in [7, 11) is 1.60. The molecule has 10 nitrogen and oxygen atoms in total. The van der Waals surface area contributed by atoms with E-state index in [-0.39, 0.29) is 19.6 Å². The Morgan fingerprint density at radius 2 is 1.70 bits per heavy atom. The number of fused-ring (bicyclic) bond motifs is 1. The lowest BCUT2D eigenvalue weighted by molar-refractivity contribution is -0.777. The molecule has 0 spiro atoms. The molecule has 10 heteroatoms. The second-order valence-corrected chi connectivity index (χ2v) is 6.33. The fourth-order valence-corrected chi connectivity index (χ4v) is 2.60. The largest absolute Gasteiger partial charge is 0.510 e. The van der Waals surface area contributed by atoms with Gasteiger partial charge in [-0.15, -0.1) is 10.1 Å². The number of benzene rings is 2. The monoisotopic (exact) mass is 421 g/mol. The minimum atomic E-state index is -1.38. The van der Waals surface area contributed by atoms with Crippen LogP contribution in [0, 0.1) is 10.1 Å². The van der Waals surface area contributed by atoms with Gasteiger partial charge in [-0.2, -0.15) is 0 Å². The van der Waals surface area contributed by atoms with Crippen LogP contribution < -0.4 is 4.74 Å². The van der Waals surface area contributed by atoms with Gasteiger partial charge in [-0.05, 0) is 42.3 Å². The first-order chi connectivity index (χ1) is 14.3. The molecular weight excluding hydrogens is 398 g/mol. The molecule has 0 saturated carbocycles. The van der Waals surface area contributed by atoms with E-state index in [1.165, 1.54) is 6.92 Å². The van der Waals surface area contributed by atoms with Crippen LogP contribution in [-0.4, -0.2) is 43.8 Å². The standard InChI is InChI=1S/C20H23NO9/c1-13(15-5-6-17-12-18(26-3)8-7-16(17)11-15)19(22)27-9-4-10-28-20(23)29-14(2)30-21(24)25/h5-8,11-14H,4,9-10H2,1-3H3/t13?,14-/m0/s1. The molecule has 0 heterocycles. The van der Waals surface area contributed by atoms with Gasteiger partial charge in [-0.3, -0.25) is 9.63 Å². The topological polar surface area (TPSA) is 123 Å². The summed E-state index contributed by atoms with van der Waals surface area (Å²) < 4.78 is 19.6. The molecule has 2 atom stereocenters. The Morgan fingerprint density at radius 3 is 2.40 bits per heavy atom. The maximum Gasteiger partial charge on any atom is 0.510 e. The molecule has 0 saturated heterocycles. The first-order valence-electron chi connectivity index (χ1n) is 9.19. The van der Waals surface area contributed by atoms with E-state index < -0.39 is 29.4 Å². The predicted molar refractivity (Wildman–Crippen MR) is 104 cm³/mol. The average Bonchev–Trinajstić information content (AvgIpc) is 2.71. The van der Waals surface area contributed by atoms with E-state index in [1.54, 1.807) is 14.0 Å². The van der Waals surface area contributed by atoms with Crippen molar-refractivity contribution in [3.8, 4) is 5.75 Å². The minimum Gasteiger partial charge on any atom is -0.497 e. The van der Waals surface area contributed by atoms with Gasteiger partial charge in [0.2, 0.25) is 6.29 Å². The van der Waals surface area contributed by atoms with Crippen molar-refractivity contribution < 1.29 is 38.5 Å².